The molecule has 12 heavy (non-hydrogen) atoms. The van der Waals surface area contributed by atoms with Gasteiger partial charge in [0.25, 0.3) is 6.04 Å². The molecular weight excluding hydrogens is 170 g/mol. The van der Waals surface area contributed by atoms with Crippen molar-refractivity contribution < 1.29 is 4.76 Å². The van der Waals surface area contributed by atoms with Crippen molar-refractivity contribution in [3.63, 3.8) is 0 Å². The first-order chi connectivity index (χ1) is 5.79. The standard InChI is InChI=1S/C9H7NOS/c11-10-6-5-9(12)7-3-1-2-4-8(7)10/h1-6,8H/p+1. The van der Waals surface area contributed by atoms with Crippen LogP contribution in [0.3, 0.4) is 0 Å². The Morgan fingerprint density at radius 1 is 1.33 bits per heavy atom. The molecule has 2 rings (SSSR count). The zero-order chi connectivity index (χ0) is 8.55. The molecule has 1 aliphatic carbocycles. The number of allylic oxidation sites excluding steroid dienone is 3. The highest BCUT2D eigenvalue weighted by atomic mass is 32.1. The minimum absolute atomic E-state index is 0.174. The van der Waals surface area contributed by atoms with Crippen molar-refractivity contribution in [3.05, 3.63) is 52.0 Å². The maximum Gasteiger partial charge on any atom is 0.252 e. The Hall–Kier alpha value is -1.09. The lowest BCUT2D eigenvalue weighted by Gasteiger charge is -2.12. The molecule has 1 atom stereocenters. The molecule has 2 nitrogen and oxygen atoms in total. The number of rotatable bonds is 0. The largest absolute Gasteiger partial charge is 0.252 e. The van der Waals surface area contributed by atoms with Crippen LogP contribution in [0.1, 0.15) is 0 Å². The van der Waals surface area contributed by atoms with Crippen LogP contribution in [0.25, 0.3) is 0 Å². The molecule has 1 heterocycles. The highest BCUT2D eigenvalue weighted by Crippen LogP contribution is 2.25. The van der Waals surface area contributed by atoms with Gasteiger partial charge in [-0.1, -0.05) is 18.2 Å². The fraction of sp³-hybridized carbons (Fsp3) is 0.111. The smallest absolute Gasteiger partial charge is 0.143 e. The van der Waals surface area contributed by atoms with Crippen LogP contribution in [0.15, 0.2) is 47.1 Å². The summed E-state index contributed by atoms with van der Waals surface area (Å²) in [5.74, 6) is 0. The third kappa shape index (κ3) is 1.06. The second kappa shape index (κ2) is 2.75. The summed E-state index contributed by atoms with van der Waals surface area (Å²) in [6, 6.07) is -0.174. The number of thiol groups is 1. The minimum Gasteiger partial charge on any atom is -0.143 e. The molecule has 0 amide bonds. The summed E-state index contributed by atoms with van der Waals surface area (Å²) in [4.78, 5) is 12.1. The van der Waals surface area contributed by atoms with Gasteiger partial charge in [-0.3, -0.25) is 0 Å². The molecule has 0 radical (unpaired) electrons. The third-order valence-electron chi connectivity index (χ3n) is 1.95. The van der Waals surface area contributed by atoms with Crippen LogP contribution in [-0.4, -0.2) is 10.8 Å². The molecule has 0 aromatic carbocycles. The van der Waals surface area contributed by atoms with Gasteiger partial charge in [0.15, 0.2) is 0 Å². The number of hydrogen-bond donors (Lipinski definition) is 1. The summed E-state index contributed by atoms with van der Waals surface area (Å²) in [6.45, 7) is 0. The Bertz CT molecular complexity index is 350. The Morgan fingerprint density at radius 2 is 2.17 bits per heavy atom. The first-order valence-electron chi connectivity index (χ1n) is 3.71. The SMILES string of the molecule is O=[N+]1C=CC(S)=C2C=CC=CC21. The van der Waals surface area contributed by atoms with E-state index < -0.39 is 0 Å². The quantitative estimate of drug-likeness (QED) is 0.444. The van der Waals surface area contributed by atoms with Gasteiger partial charge in [0.1, 0.15) is 0 Å². The number of hydrogen-bond acceptors (Lipinski definition) is 2. The number of nitroso groups, excluding NO2 is 1. The average Bonchev–Trinajstić information content (AvgIpc) is 2.12. The summed E-state index contributed by atoms with van der Waals surface area (Å²) < 4.78 is 0.926. The predicted molar refractivity (Wildman–Crippen MR) is 50.8 cm³/mol. The lowest BCUT2D eigenvalue weighted by molar-refractivity contribution is -0.499. The second-order valence-corrected chi connectivity index (χ2v) is 3.19. The van der Waals surface area contributed by atoms with E-state index in [4.69, 9.17) is 0 Å². The molecule has 0 N–H and O–H groups in total. The zero-order valence-corrected chi connectivity index (χ0v) is 7.24. The van der Waals surface area contributed by atoms with E-state index in [1.165, 1.54) is 6.20 Å². The van der Waals surface area contributed by atoms with E-state index >= 15 is 0 Å². The van der Waals surface area contributed by atoms with Crippen molar-refractivity contribution >= 4 is 12.6 Å². The summed E-state index contributed by atoms with van der Waals surface area (Å²) in [5, 5.41) is 0. The van der Waals surface area contributed by atoms with Crippen LogP contribution < -0.4 is 0 Å². The van der Waals surface area contributed by atoms with Crippen LogP contribution >= 0.6 is 12.6 Å². The van der Waals surface area contributed by atoms with Crippen LogP contribution in [0, 0.1) is 4.91 Å². The maximum atomic E-state index is 11.3. The van der Waals surface area contributed by atoms with Crippen molar-refractivity contribution in [2.24, 2.45) is 0 Å². The molecule has 60 valence electrons. The summed E-state index contributed by atoms with van der Waals surface area (Å²) in [7, 11) is 0. The monoisotopic (exact) mass is 178 g/mol. The molecule has 0 aromatic rings. The topological polar surface area (TPSA) is 20.1 Å². The second-order valence-electron chi connectivity index (χ2n) is 2.71. The van der Waals surface area contributed by atoms with Crippen LogP contribution in [0.4, 0.5) is 0 Å². The number of fused-ring (bicyclic) bond motifs is 1. The maximum absolute atomic E-state index is 11.3. The fourth-order valence-electron chi connectivity index (χ4n) is 1.32. The Kier molecular flexibility index (Phi) is 1.73. The van der Waals surface area contributed by atoms with E-state index in [2.05, 4.69) is 12.6 Å². The van der Waals surface area contributed by atoms with Crippen molar-refractivity contribution in [2.45, 2.75) is 6.04 Å². The van der Waals surface area contributed by atoms with Gasteiger partial charge < -0.3 is 0 Å². The predicted octanol–water partition coefficient (Wildman–Crippen LogP) is 1.97. The van der Waals surface area contributed by atoms with Crippen molar-refractivity contribution in [1.82, 2.24) is 0 Å². The van der Waals surface area contributed by atoms with Gasteiger partial charge in [-0.25, -0.2) is 0 Å². The lowest BCUT2D eigenvalue weighted by Crippen LogP contribution is -2.23. The van der Waals surface area contributed by atoms with Crippen molar-refractivity contribution in [2.75, 3.05) is 0 Å². The molecule has 3 heteroatoms. The van der Waals surface area contributed by atoms with Crippen LogP contribution in [0.5, 0.6) is 0 Å². The van der Waals surface area contributed by atoms with Gasteiger partial charge >= 0.3 is 0 Å². The van der Waals surface area contributed by atoms with E-state index in [0.717, 1.165) is 15.2 Å². The molecule has 0 spiro atoms. The summed E-state index contributed by atoms with van der Waals surface area (Å²) in [5.41, 5.74) is 0.971. The van der Waals surface area contributed by atoms with Gasteiger partial charge in [-0.15, -0.1) is 12.6 Å². The average molecular weight is 178 g/mol. The van der Waals surface area contributed by atoms with Gasteiger partial charge in [0.05, 0.1) is 0 Å². The Morgan fingerprint density at radius 3 is 2.92 bits per heavy atom. The molecule has 0 saturated heterocycles. The van der Waals surface area contributed by atoms with E-state index in [-0.39, 0.29) is 6.04 Å². The van der Waals surface area contributed by atoms with E-state index in [9.17, 15) is 4.91 Å². The zero-order valence-electron chi connectivity index (χ0n) is 6.34. The molecule has 0 aromatic heterocycles. The molecular formula is C9H8NOS+. The highest BCUT2D eigenvalue weighted by molar-refractivity contribution is 7.84. The van der Waals surface area contributed by atoms with Gasteiger partial charge in [0, 0.05) is 26.2 Å². The normalized spacial score (nSPS) is 26.4. The summed E-state index contributed by atoms with van der Waals surface area (Å²) in [6.07, 6.45) is 10.8. The highest BCUT2D eigenvalue weighted by Gasteiger charge is 2.29. The van der Waals surface area contributed by atoms with Crippen molar-refractivity contribution in [3.8, 4) is 0 Å². The van der Waals surface area contributed by atoms with E-state index in [0.29, 0.717) is 0 Å². The van der Waals surface area contributed by atoms with Gasteiger partial charge in [-0.2, -0.15) is 0 Å². The first-order valence-corrected chi connectivity index (χ1v) is 4.15. The van der Waals surface area contributed by atoms with Crippen LogP contribution in [-0.2, 0) is 0 Å². The molecule has 0 saturated carbocycles. The lowest BCUT2D eigenvalue weighted by atomic mass is 10.00. The minimum atomic E-state index is -0.174. The fourth-order valence-corrected chi connectivity index (χ4v) is 1.60. The van der Waals surface area contributed by atoms with Crippen LogP contribution in [0.2, 0.25) is 0 Å². The molecule has 0 fully saturated rings. The molecule has 1 unspecified atom stereocenters. The molecule has 0 bridgehead atoms. The third-order valence-corrected chi connectivity index (χ3v) is 2.36. The summed E-state index contributed by atoms with van der Waals surface area (Å²) >= 11 is 4.27. The van der Waals surface area contributed by atoms with Gasteiger partial charge in [-0.05, 0) is 6.08 Å². The Balaban J connectivity index is 2.51. The molecule has 1 aliphatic heterocycles. The van der Waals surface area contributed by atoms with Crippen molar-refractivity contribution in [1.29, 1.82) is 0 Å². The van der Waals surface area contributed by atoms with E-state index in [1.54, 1.807) is 6.08 Å². The number of nitrogens with zero attached hydrogens (tertiary/aromatic N) is 1. The molecule has 2 aliphatic rings. The van der Waals surface area contributed by atoms with Gasteiger partial charge in [0.2, 0.25) is 6.20 Å². The van der Waals surface area contributed by atoms with E-state index in [1.807, 2.05) is 24.3 Å². The first kappa shape index (κ1) is 7.55. The Labute approximate surface area is 75.9 Å².